The highest BCUT2D eigenvalue weighted by molar-refractivity contribution is 5.94. The van der Waals surface area contributed by atoms with Crippen LogP contribution in [0.15, 0.2) is 48.5 Å². The zero-order chi connectivity index (χ0) is 17.5. The second-order valence-corrected chi connectivity index (χ2v) is 5.41. The quantitative estimate of drug-likeness (QED) is 0.534. The van der Waals surface area contributed by atoms with Gasteiger partial charge in [0, 0.05) is 36.0 Å². The molecule has 1 atom stereocenters. The summed E-state index contributed by atoms with van der Waals surface area (Å²) in [6, 6.07) is 13.0. The number of carbonyl (C=O) groups is 1. The van der Waals surface area contributed by atoms with E-state index in [1.165, 1.54) is 12.1 Å². The second-order valence-electron chi connectivity index (χ2n) is 5.41. The Bertz CT molecular complexity index is 699. The van der Waals surface area contributed by atoms with Gasteiger partial charge in [0.2, 0.25) is 0 Å². The molecule has 0 fully saturated rings. The summed E-state index contributed by atoms with van der Waals surface area (Å²) in [6.45, 7) is 2.13. The van der Waals surface area contributed by atoms with Gasteiger partial charge in [-0.1, -0.05) is 12.1 Å². The van der Waals surface area contributed by atoms with E-state index in [1.54, 1.807) is 43.3 Å². The molecule has 0 heterocycles. The van der Waals surface area contributed by atoms with Crippen LogP contribution in [0.2, 0.25) is 0 Å². The minimum absolute atomic E-state index is 0.0613. The number of nitro benzene ring substituents is 1. The number of hydrogen-bond donors (Lipinski definition) is 3. The van der Waals surface area contributed by atoms with E-state index >= 15 is 0 Å². The summed E-state index contributed by atoms with van der Waals surface area (Å²) in [5, 5.41) is 25.4. The van der Waals surface area contributed by atoms with Gasteiger partial charge in [-0.2, -0.15) is 0 Å². The summed E-state index contributed by atoms with van der Waals surface area (Å²) in [7, 11) is 0. The van der Waals surface area contributed by atoms with E-state index in [4.69, 9.17) is 5.11 Å². The van der Waals surface area contributed by atoms with Crippen molar-refractivity contribution < 1.29 is 14.8 Å². The SMILES string of the molecule is CC(CO)NC(=O)c1ccc(NCc2ccc([N+](=O)[O-])cc2)cc1. The molecule has 126 valence electrons. The first-order valence-electron chi connectivity index (χ1n) is 7.48. The van der Waals surface area contributed by atoms with E-state index in [0.29, 0.717) is 12.1 Å². The van der Waals surface area contributed by atoms with Gasteiger partial charge in [-0.15, -0.1) is 0 Å². The van der Waals surface area contributed by atoms with Crippen LogP contribution >= 0.6 is 0 Å². The topological polar surface area (TPSA) is 104 Å². The summed E-state index contributed by atoms with van der Waals surface area (Å²) < 4.78 is 0. The molecule has 1 unspecified atom stereocenters. The highest BCUT2D eigenvalue weighted by Gasteiger charge is 2.08. The molecule has 0 aliphatic rings. The molecule has 0 aliphatic carbocycles. The van der Waals surface area contributed by atoms with Crippen LogP contribution in [0.4, 0.5) is 11.4 Å². The largest absolute Gasteiger partial charge is 0.394 e. The van der Waals surface area contributed by atoms with Crippen molar-refractivity contribution >= 4 is 17.3 Å². The monoisotopic (exact) mass is 329 g/mol. The van der Waals surface area contributed by atoms with Gasteiger partial charge in [-0.3, -0.25) is 14.9 Å². The minimum atomic E-state index is -0.432. The predicted molar refractivity (Wildman–Crippen MR) is 90.9 cm³/mol. The molecule has 0 spiro atoms. The number of aliphatic hydroxyl groups is 1. The van der Waals surface area contributed by atoms with Gasteiger partial charge in [0.05, 0.1) is 11.5 Å². The lowest BCUT2D eigenvalue weighted by atomic mass is 10.1. The molecule has 0 radical (unpaired) electrons. The maximum Gasteiger partial charge on any atom is 0.269 e. The molecule has 7 heteroatoms. The molecule has 7 nitrogen and oxygen atoms in total. The van der Waals surface area contributed by atoms with E-state index in [1.807, 2.05) is 0 Å². The second kappa shape index (κ2) is 8.07. The molecule has 2 aromatic carbocycles. The number of anilines is 1. The Labute approximate surface area is 139 Å². The smallest absolute Gasteiger partial charge is 0.269 e. The van der Waals surface area contributed by atoms with Crippen molar-refractivity contribution in [3.8, 4) is 0 Å². The number of rotatable bonds is 7. The number of nitrogens with one attached hydrogen (secondary N) is 2. The molecule has 0 saturated carbocycles. The fourth-order valence-electron chi connectivity index (χ4n) is 2.03. The van der Waals surface area contributed by atoms with Crippen LogP contribution in [-0.2, 0) is 6.54 Å². The van der Waals surface area contributed by atoms with Gasteiger partial charge in [-0.05, 0) is 36.8 Å². The fraction of sp³-hybridized carbons (Fsp3) is 0.235. The number of nitrogens with zero attached hydrogens (tertiary/aromatic N) is 1. The van der Waals surface area contributed by atoms with Crippen molar-refractivity contribution in [1.29, 1.82) is 0 Å². The van der Waals surface area contributed by atoms with Crippen LogP contribution in [0.5, 0.6) is 0 Å². The molecule has 24 heavy (non-hydrogen) atoms. The van der Waals surface area contributed by atoms with Gasteiger partial charge in [-0.25, -0.2) is 0 Å². The van der Waals surface area contributed by atoms with Crippen LogP contribution in [0.25, 0.3) is 0 Å². The summed E-state index contributed by atoms with van der Waals surface area (Å²) in [5.41, 5.74) is 2.32. The molecular weight excluding hydrogens is 310 g/mol. The van der Waals surface area contributed by atoms with Crippen molar-refractivity contribution in [3.05, 3.63) is 69.8 Å². The lowest BCUT2D eigenvalue weighted by molar-refractivity contribution is -0.384. The van der Waals surface area contributed by atoms with E-state index < -0.39 is 4.92 Å². The molecule has 0 aliphatic heterocycles. The predicted octanol–water partition coefficient (Wildman–Crippen LogP) is 2.32. The van der Waals surface area contributed by atoms with Crippen LogP contribution < -0.4 is 10.6 Å². The van der Waals surface area contributed by atoms with E-state index in [9.17, 15) is 14.9 Å². The average molecular weight is 329 g/mol. The molecule has 3 N–H and O–H groups in total. The first-order valence-corrected chi connectivity index (χ1v) is 7.48. The normalized spacial score (nSPS) is 11.6. The van der Waals surface area contributed by atoms with Gasteiger partial charge in [0.15, 0.2) is 0 Å². The van der Waals surface area contributed by atoms with Crippen LogP contribution in [0, 0.1) is 10.1 Å². The van der Waals surface area contributed by atoms with E-state index in [-0.39, 0.29) is 24.2 Å². The van der Waals surface area contributed by atoms with Gasteiger partial charge in [0.25, 0.3) is 11.6 Å². The molecule has 0 aromatic heterocycles. The summed E-state index contributed by atoms with van der Waals surface area (Å²) in [6.07, 6.45) is 0. The van der Waals surface area contributed by atoms with Crippen molar-refractivity contribution in [2.45, 2.75) is 19.5 Å². The highest BCUT2D eigenvalue weighted by Crippen LogP contribution is 2.14. The van der Waals surface area contributed by atoms with Crippen molar-refractivity contribution in [2.75, 3.05) is 11.9 Å². The summed E-state index contributed by atoms with van der Waals surface area (Å²) >= 11 is 0. The number of hydrogen-bond acceptors (Lipinski definition) is 5. The third-order valence-electron chi connectivity index (χ3n) is 3.44. The molecule has 0 saturated heterocycles. The maximum absolute atomic E-state index is 11.9. The number of non-ortho nitro benzene ring substituents is 1. The molecule has 0 bridgehead atoms. The molecule has 1 amide bonds. The number of benzene rings is 2. The van der Waals surface area contributed by atoms with Crippen LogP contribution in [-0.4, -0.2) is 28.6 Å². The molecule has 2 rings (SSSR count). The Morgan fingerprint density at radius 2 is 1.79 bits per heavy atom. The number of nitro groups is 1. The Hall–Kier alpha value is -2.93. The number of aliphatic hydroxyl groups excluding tert-OH is 1. The Balaban J connectivity index is 1.91. The van der Waals surface area contributed by atoms with E-state index in [2.05, 4.69) is 10.6 Å². The number of amides is 1. The zero-order valence-electron chi connectivity index (χ0n) is 13.2. The Kier molecular flexibility index (Phi) is 5.86. The van der Waals surface area contributed by atoms with Crippen molar-refractivity contribution in [1.82, 2.24) is 5.32 Å². The summed E-state index contributed by atoms with van der Waals surface area (Å²) in [4.78, 5) is 22.1. The summed E-state index contributed by atoms with van der Waals surface area (Å²) in [5.74, 6) is -0.238. The number of carbonyl (C=O) groups excluding carboxylic acids is 1. The van der Waals surface area contributed by atoms with Crippen molar-refractivity contribution in [3.63, 3.8) is 0 Å². The lowest BCUT2D eigenvalue weighted by Gasteiger charge is -2.11. The first-order chi connectivity index (χ1) is 11.5. The van der Waals surface area contributed by atoms with Gasteiger partial charge >= 0.3 is 0 Å². The zero-order valence-corrected chi connectivity index (χ0v) is 13.2. The Morgan fingerprint density at radius 3 is 2.33 bits per heavy atom. The highest BCUT2D eigenvalue weighted by atomic mass is 16.6. The minimum Gasteiger partial charge on any atom is -0.394 e. The fourth-order valence-corrected chi connectivity index (χ4v) is 2.03. The molecule has 2 aromatic rings. The standard InChI is InChI=1S/C17H19N3O4/c1-12(11-21)19-17(22)14-4-6-15(7-5-14)18-10-13-2-8-16(9-3-13)20(23)24/h2-9,12,18,21H,10-11H2,1H3,(H,19,22). The van der Waals surface area contributed by atoms with E-state index in [0.717, 1.165) is 11.3 Å². The van der Waals surface area contributed by atoms with Crippen LogP contribution in [0.3, 0.4) is 0 Å². The first kappa shape index (κ1) is 17.4. The van der Waals surface area contributed by atoms with Gasteiger partial charge < -0.3 is 15.7 Å². The van der Waals surface area contributed by atoms with Crippen molar-refractivity contribution in [2.24, 2.45) is 0 Å². The maximum atomic E-state index is 11.9. The molecular formula is C17H19N3O4. The third-order valence-corrected chi connectivity index (χ3v) is 3.44. The third kappa shape index (κ3) is 4.79. The Morgan fingerprint density at radius 1 is 1.17 bits per heavy atom. The average Bonchev–Trinajstić information content (AvgIpc) is 2.60. The van der Waals surface area contributed by atoms with Gasteiger partial charge in [0.1, 0.15) is 0 Å². The van der Waals surface area contributed by atoms with Crippen LogP contribution in [0.1, 0.15) is 22.8 Å². The lowest BCUT2D eigenvalue weighted by Crippen LogP contribution is -2.34.